The van der Waals surface area contributed by atoms with Crippen LogP contribution in [0.2, 0.25) is 0 Å². The maximum atomic E-state index is 11.2. The zero-order valence-corrected chi connectivity index (χ0v) is 9.23. The normalized spacial score (nSPS) is 14.3. The van der Waals surface area contributed by atoms with Crippen LogP contribution in [-0.2, 0) is 9.53 Å². The van der Waals surface area contributed by atoms with Gasteiger partial charge in [0, 0.05) is 18.4 Å². The molecule has 1 aromatic rings. The van der Waals surface area contributed by atoms with E-state index >= 15 is 0 Å². The first-order valence-corrected chi connectivity index (χ1v) is 4.89. The minimum Gasteiger partial charge on any atom is -0.468 e. The number of pyridine rings is 1. The van der Waals surface area contributed by atoms with Gasteiger partial charge in [-0.2, -0.15) is 0 Å². The Morgan fingerprint density at radius 1 is 1.53 bits per heavy atom. The second-order valence-corrected chi connectivity index (χ2v) is 3.42. The lowest BCUT2D eigenvalue weighted by molar-refractivity contribution is -0.142. The summed E-state index contributed by atoms with van der Waals surface area (Å²) in [6.45, 7) is 3.76. The fourth-order valence-corrected chi connectivity index (χ4v) is 1.35. The van der Waals surface area contributed by atoms with Gasteiger partial charge in [-0.1, -0.05) is 6.07 Å². The fraction of sp³-hybridized carbons (Fsp3) is 0.455. The molecule has 0 fully saturated rings. The van der Waals surface area contributed by atoms with Crippen molar-refractivity contribution in [1.82, 2.24) is 10.3 Å². The van der Waals surface area contributed by atoms with Gasteiger partial charge in [-0.3, -0.25) is 15.1 Å². The molecule has 0 aliphatic rings. The molecule has 0 aromatic carbocycles. The number of methoxy groups -OCH3 is 1. The largest absolute Gasteiger partial charge is 0.468 e. The van der Waals surface area contributed by atoms with Crippen molar-refractivity contribution in [3.8, 4) is 0 Å². The molecule has 1 heterocycles. The van der Waals surface area contributed by atoms with Crippen molar-refractivity contribution < 1.29 is 9.53 Å². The number of nitrogens with zero attached hydrogens (tertiary/aromatic N) is 1. The number of ether oxygens (including phenoxy) is 1. The van der Waals surface area contributed by atoms with Crippen molar-refractivity contribution >= 4 is 5.97 Å². The van der Waals surface area contributed by atoms with Crippen LogP contribution in [0.15, 0.2) is 24.5 Å². The van der Waals surface area contributed by atoms with Gasteiger partial charge in [-0.25, -0.2) is 0 Å². The third kappa shape index (κ3) is 3.32. The highest BCUT2D eigenvalue weighted by Crippen LogP contribution is 2.10. The van der Waals surface area contributed by atoms with E-state index in [1.807, 2.05) is 19.1 Å². The summed E-state index contributed by atoms with van der Waals surface area (Å²) in [4.78, 5) is 15.2. The second-order valence-electron chi connectivity index (χ2n) is 3.42. The third-order valence-corrected chi connectivity index (χ3v) is 2.24. The molecule has 1 rings (SSSR count). The molecule has 15 heavy (non-hydrogen) atoms. The number of carbonyl (C=O) groups excluding carboxylic acids is 1. The lowest BCUT2D eigenvalue weighted by atomic mass is 10.1. The molecule has 0 spiro atoms. The molecular formula is C11H16N2O2. The van der Waals surface area contributed by atoms with Crippen LogP contribution in [0.25, 0.3) is 0 Å². The summed E-state index contributed by atoms with van der Waals surface area (Å²) in [7, 11) is 1.38. The number of nitrogens with one attached hydrogen (secondary N) is 1. The highest BCUT2D eigenvalue weighted by molar-refractivity contribution is 5.75. The number of hydrogen-bond donors (Lipinski definition) is 1. The molecular weight excluding hydrogens is 192 g/mol. The molecule has 82 valence electrons. The Morgan fingerprint density at radius 3 is 2.80 bits per heavy atom. The van der Waals surface area contributed by atoms with E-state index in [1.54, 1.807) is 19.3 Å². The number of hydrogen-bond acceptors (Lipinski definition) is 4. The van der Waals surface area contributed by atoms with Crippen LogP contribution in [0.5, 0.6) is 0 Å². The van der Waals surface area contributed by atoms with E-state index in [2.05, 4.69) is 15.0 Å². The average Bonchev–Trinajstić information content (AvgIpc) is 2.29. The lowest BCUT2D eigenvalue weighted by Gasteiger charge is -2.18. The van der Waals surface area contributed by atoms with Gasteiger partial charge in [0.15, 0.2) is 0 Å². The van der Waals surface area contributed by atoms with Crippen LogP contribution in [0.4, 0.5) is 0 Å². The number of rotatable bonds is 4. The summed E-state index contributed by atoms with van der Waals surface area (Å²) >= 11 is 0. The standard InChI is InChI=1S/C11H16N2O2/c1-8(10-5-4-6-12-7-10)13-9(2)11(14)15-3/h4-9,13H,1-3H3/t8?,9-/m0/s1. The molecule has 0 aliphatic carbocycles. The fourth-order valence-electron chi connectivity index (χ4n) is 1.35. The van der Waals surface area contributed by atoms with Crippen molar-refractivity contribution in [3.63, 3.8) is 0 Å². The molecule has 0 bridgehead atoms. The summed E-state index contributed by atoms with van der Waals surface area (Å²) in [5.41, 5.74) is 1.05. The first kappa shape index (κ1) is 11.7. The van der Waals surface area contributed by atoms with Gasteiger partial charge in [-0.15, -0.1) is 0 Å². The lowest BCUT2D eigenvalue weighted by Crippen LogP contribution is -2.36. The van der Waals surface area contributed by atoms with Gasteiger partial charge in [0.25, 0.3) is 0 Å². The van der Waals surface area contributed by atoms with Crippen molar-refractivity contribution in [3.05, 3.63) is 30.1 Å². The minimum atomic E-state index is -0.315. The summed E-state index contributed by atoms with van der Waals surface area (Å²) in [5, 5.41) is 3.13. The minimum absolute atomic E-state index is 0.0767. The first-order valence-electron chi connectivity index (χ1n) is 4.89. The zero-order valence-electron chi connectivity index (χ0n) is 9.23. The van der Waals surface area contributed by atoms with E-state index < -0.39 is 0 Å². The smallest absolute Gasteiger partial charge is 0.322 e. The molecule has 4 heteroatoms. The summed E-state index contributed by atoms with van der Waals surface area (Å²) in [6, 6.07) is 3.60. The van der Waals surface area contributed by atoms with Crippen molar-refractivity contribution in [1.29, 1.82) is 0 Å². The highest BCUT2D eigenvalue weighted by Gasteiger charge is 2.16. The molecule has 0 radical (unpaired) electrons. The summed E-state index contributed by atoms with van der Waals surface area (Å²) in [6.07, 6.45) is 3.50. The van der Waals surface area contributed by atoms with E-state index in [-0.39, 0.29) is 18.1 Å². The molecule has 1 aromatic heterocycles. The van der Waals surface area contributed by atoms with E-state index in [1.165, 1.54) is 7.11 Å². The van der Waals surface area contributed by atoms with Gasteiger partial charge in [0.05, 0.1) is 7.11 Å². The Bertz CT molecular complexity index is 314. The Labute approximate surface area is 89.7 Å². The number of aromatic nitrogens is 1. The van der Waals surface area contributed by atoms with Crippen LogP contribution >= 0.6 is 0 Å². The Hall–Kier alpha value is -1.42. The molecule has 1 N–H and O–H groups in total. The predicted octanol–water partition coefficient (Wildman–Crippen LogP) is 1.29. The highest BCUT2D eigenvalue weighted by atomic mass is 16.5. The number of carbonyl (C=O) groups is 1. The van der Waals surface area contributed by atoms with Crippen LogP contribution in [0, 0.1) is 0 Å². The molecule has 2 atom stereocenters. The van der Waals surface area contributed by atoms with E-state index in [9.17, 15) is 4.79 Å². The van der Waals surface area contributed by atoms with Crippen LogP contribution in [0.3, 0.4) is 0 Å². The molecule has 4 nitrogen and oxygen atoms in total. The molecule has 0 saturated carbocycles. The van der Waals surface area contributed by atoms with Crippen LogP contribution < -0.4 is 5.32 Å². The SMILES string of the molecule is COC(=O)[C@H](C)NC(C)c1cccnc1. The molecule has 0 aliphatic heterocycles. The zero-order chi connectivity index (χ0) is 11.3. The predicted molar refractivity (Wildman–Crippen MR) is 57.3 cm³/mol. The van der Waals surface area contributed by atoms with Crippen molar-refractivity contribution in [2.75, 3.05) is 7.11 Å². The second kappa shape index (κ2) is 5.46. The monoisotopic (exact) mass is 208 g/mol. The molecule has 0 amide bonds. The summed E-state index contributed by atoms with van der Waals surface area (Å²) in [5.74, 6) is -0.259. The van der Waals surface area contributed by atoms with Crippen LogP contribution in [0.1, 0.15) is 25.5 Å². The molecule has 1 unspecified atom stereocenters. The Morgan fingerprint density at radius 2 is 2.27 bits per heavy atom. The Kier molecular flexibility index (Phi) is 4.24. The average molecular weight is 208 g/mol. The van der Waals surface area contributed by atoms with Gasteiger partial charge in [-0.05, 0) is 25.5 Å². The van der Waals surface area contributed by atoms with Gasteiger partial charge in [0.1, 0.15) is 6.04 Å². The van der Waals surface area contributed by atoms with E-state index in [4.69, 9.17) is 0 Å². The first-order chi connectivity index (χ1) is 7.15. The maximum absolute atomic E-state index is 11.2. The molecule has 0 saturated heterocycles. The van der Waals surface area contributed by atoms with Gasteiger partial charge < -0.3 is 4.74 Å². The maximum Gasteiger partial charge on any atom is 0.322 e. The van der Waals surface area contributed by atoms with E-state index in [0.29, 0.717) is 0 Å². The van der Waals surface area contributed by atoms with Crippen molar-refractivity contribution in [2.45, 2.75) is 25.9 Å². The topological polar surface area (TPSA) is 51.2 Å². The Balaban J connectivity index is 2.56. The van der Waals surface area contributed by atoms with E-state index in [0.717, 1.165) is 5.56 Å². The van der Waals surface area contributed by atoms with Crippen molar-refractivity contribution in [2.24, 2.45) is 0 Å². The summed E-state index contributed by atoms with van der Waals surface area (Å²) < 4.78 is 4.63. The van der Waals surface area contributed by atoms with Gasteiger partial charge in [0.2, 0.25) is 0 Å². The third-order valence-electron chi connectivity index (χ3n) is 2.24. The van der Waals surface area contributed by atoms with Gasteiger partial charge >= 0.3 is 5.97 Å². The number of esters is 1. The quantitative estimate of drug-likeness (QED) is 0.758. The van der Waals surface area contributed by atoms with Crippen LogP contribution in [-0.4, -0.2) is 24.1 Å².